The predicted molar refractivity (Wildman–Crippen MR) is 62.9 cm³/mol. The number of hydrogen-bond donors (Lipinski definition) is 0. The maximum atomic E-state index is 11.7. The summed E-state index contributed by atoms with van der Waals surface area (Å²) >= 11 is 1.29. The standard InChI is InChI=1S/C11H15NO4S/c1-4-15-10(13)8(11(14)16-5-2)9-12-6-7(3)17-9/h6,8H,4-5H2,1-3H3. The Labute approximate surface area is 104 Å². The Morgan fingerprint density at radius 3 is 2.18 bits per heavy atom. The number of thiazole rings is 1. The van der Waals surface area contributed by atoms with Crippen LogP contribution in [-0.2, 0) is 19.1 Å². The fourth-order valence-corrected chi connectivity index (χ4v) is 2.11. The minimum atomic E-state index is -1.06. The Kier molecular flexibility index (Phi) is 5.09. The molecule has 1 aromatic heterocycles. The van der Waals surface area contributed by atoms with Gasteiger partial charge in [0.2, 0.25) is 5.92 Å². The molecule has 5 nitrogen and oxygen atoms in total. The number of esters is 2. The number of aryl methyl sites for hydroxylation is 1. The van der Waals surface area contributed by atoms with Crippen molar-refractivity contribution in [1.82, 2.24) is 4.98 Å². The number of carbonyl (C=O) groups excluding carboxylic acids is 2. The lowest BCUT2D eigenvalue weighted by Gasteiger charge is -2.11. The van der Waals surface area contributed by atoms with Gasteiger partial charge in [-0.25, -0.2) is 4.98 Å². The van der Waals surface area contributed by atoms with Crippen LogP contribution in [0.15, 0.2) is 6.20 Å². The van der Waals surface area contributed by atoms with E-state index < -0.39 is 17.9 Å². The smallest absolute Gasteiger partial charge is 0.327 e. The van der Waals surface area contributed by atoms with Gasteiger partial charge in [-0.1, -0.05) is 0 Å². The molecule has 0 unspecified atom stereocenters. The second kappa shape index (κ2) is 6.34. The SMILES string of the molecule is CCOC(=O)C(C(=O)OCC)c1ncc(C)s1. The molecule has 17 heavy (non-hydrogen) atoms. The monoisotopic (exact) mass is 257 g/mol. The second-order valence-electron chi connectivity index (χ2n) is 3.25. The quantitative estimate of drug-likeness (QED) is 0.593. The summed E-state index contributed by atoms with van der Waals surface area (Å²) < 4.78 is 9.72. The van der Waals surface area contributed by atoms with Gasteiger partial charge in [0.15, 0.2) is 0 Å². The van der Waals surface area contributed by atoms with Gasteiger partial charge in [0.25, 0.3) is 0 Å². The number of ether oxygens (including phenoxy) is 2. The van der Waals surface area contributed by atoms with Gasteiger partial charge in [-0.05, 0) is 20.8 Å². The van der Waals surface area contributed by atoms with Crippen molar-refractivity contribution in [3.63, 3.8) is 0 Å². The highest BCUT2D eigenvalue weighted by Gasteiger charge is 2.33. The van der Waals surface area contributed by atoms with E-state index in [2.05, 4.69) is 4.98 Å². The zero-order chi connectivity index (χ0) is 12.8. The first-order valence-electron chi connectivity index (χ1n) is 5.35. The first-order chi connectivity index (χ1) is 8.10. The summed E-state index contributed by atoms with van der Waals surface area (Å²) in [6, 6.07) is 0. The summed E-state index contributed by atoms with van der Waals surface area (Å²) in [7, 11) is 0. The van der Waals surface area contributed by atoms with Crippen molar-refractivity contribution in [2.24, 2.45) is 0 Å². The number of nitrogens with zero attached hydrogens (tertiary/aromatic N) is 1. The molecule has 0 atom stereocenters. The highest BCUT2D eigenvalue weighted by molar-refractivity contribution is 7.11. The zero-order valence-corrected chi connectivity index (χ0v) is 10.9. The van der Waals surface area contributed by atoms with Crippen molar-refractivity contribution in [3.05, 3.63) is 16.1 Å². The molecule has 0 saturated heterocycles. The minimum absolute atomic E-state index is 0.221. The summed E-state index contributed by atoms with van der Waals surface area (Å²) in [6.45, 7) is 5.67. The molecule has 1 rings (SSSR count). The third-order valence-corrected chi connectivity index (χ3v) is 2.91. The Morgan fingerprint density at radius 2 is 1.82 bits per heavy atom. The van der Waals surface area contributed by atoms with Crippen LogP contribution in [-0.4, -0.2) is 30.1 Å². The van der Waals surface area contributed by atoms with Gasteiger partial charge in [0.1, 0.15) is 5.01 Å². The molecule has 0 aliphatic heterocycles. The third-order valence-electron chi connectivity index (χ3n) is 1.93. The molecule has 0 spiro atoms. The molecule has 0 aliphatic rings. The first kappa shape index (κ1) is 13.6. The van der Waals surface area contributed by atoms with Crippen LogP contribution in [0.2, 0.25) is 0 Å². The summed E-state index contributed by atoms with van der Waals surface area (Å²) in [5, 5.41) is 0.416. The van der Waals surface area contributed by atoms with Gasteiger partial charge in [0.05, 0.1) is 13.2 Å². The van der Waals surface area contributed by atoms with Crippen molar-refractivity contribution < 1.29 is 19.1 Å². The van der Waals surface area contributed by atoms with Crippen molar-refractivity contribution in [1.29, 1.82) is 0 Å². The van der Waals surface area contributed by atoms with Crippen LogP contribution in [0.3, 0.4) is 0 Å². The molecule has 6 heteroatoms. The average molecular weight is 257 g/mol. The summed E-state index contributed by atoms with van der Waals surface area (Å²) in [5.41, 5.74) is 0. The fourth-order valence-electron chi connectivity index (χ4n) is 1.25. The van der Waals surface area contributed by atoms with Crippen LogP contribution in [0.25, 0.3) is 0 Å². The Bertz CT molecular complexity index is 384. The Hall–Kier alpha value is -1.43. The molecular weight excluding hydrogens is 242 g/mol. The largest absolute Gasteiger partial charge is 0.465 e. The predicted octanol–water partition coefficient (Wildman–Crippen LogP) is 1.66. The van der Waals surface area contributed by atoms with Gasteiger partial charge in [-0.2, -0.15) is 0 Å². The number of hydrogen-bond acceptors (Lipinski definition) is 6. The third kappa shape index (κ3) is 3.52. The van der Waals surface area contributed by atoms with E-state index in [0.29, 0.717) is 5.01 Å². The van der Waals surface area contributed by atoms with Crippen LogP contribution in [0, 0.1) is 6.92 Å². The number of carbonyl (C=O) groups is 2. The lowest BCUT2D eigenvalue weighted by molar-refractivity contribution is -0.156. The molecular formula is C11H15NO4S. The number of aromatic nitrogens is 1. The Morgan fingerprint density at radius 1 is 1.29 bits per heavy atom. The van der Waals surface area contributed by atoms with Crippen LogP contribution < -0.4 is 0 Å². The molecule has 1 aromatic rings. The summed E-state index contributed by atoms with van der Waals surface area (Å²) in [5.74, 6) is -2.28. The molecule has 0 aromatic carbocycles. The number of rotatable bonds is 5. The van der Waals surface area contributed by atoms with Gasteiger partial charge < -0.3 is 9.47 Å². The van der Waals surface area contributed by atoms with Gasteiger partial charge in [-0.15, -0.1) is 11.3 Å². The van der Waals surface area contributed by atoms with E-state index in [1.165, 1.54) is 11.3 Å². The van der Waals surface area contributed by atoms with E-state index in [4.69, 9.17) is 9.47 Å². The molecule has 94 valence electrons. The minimum Gasteiger partial charge on any atom is -0.465 e. The highest BCUT2D eigenvalue weighted by atomic mass is 32.1. The summed E-state index contributed by atoms with van der Waals surface area (Å²) in [4.78, 5) is 28.4. The normalized spacial score (nSPS) is 10.4. The molecule has 0 N–H and O–H groups in total. The van der Waals surface area contributed by atoms with Crippen LogP contribution in [0.1, 0.15) is 29.7 Å². The lowest BCUT2D eigenvalue weighted by Crippen LogP contribution is -2.26. The van der Waals surface area contributed by atoms with E-state index in [0.717, 1.165) is 4.88 Å². The second-order valence-corrected chi connectivity index (χ2v) is 4.51. The maximum absolute atomic E-state index is 11.7. The van der Waals surface area contributed by atoms with E-state index in [-0.39, 0.29) is 13.2 Å². The first-order valence-corrected chi connectivity index (χ1v) is 6.17. The fraction of sp³-hybridized carbons (Fsp3) is 0.545. The molecule has 0 radical (unpaired) electrons. The molecule has 0 fully saturated rings. The lowest BCUT2D eigenvalue weighted by atomic mass is 10.1. The molecule has 0 amide bonds. The van der Waals surface area contributed by atoms with E-state index >= 15 is 0 Å². The van der Waals surface area contributed by atoms with Crippen molar-refractivity contribution >= 4 is 23.3 Å². The van der Waals surface area contributed by atoms with E-state index in [1.807, 2.05) is 6.92 Å². The average Bonchev–Trinajstić information content (AvgIpc) is 2.66. The van der Waals surface area contributed by atoms with Gasteiger partial charge in [0, 0.05) is 11.1 Å². The van der Waals surface area contributed by atoms with Crippen LogP contribution in [0.5, 0.6) is 0 Å². The molecule has 0 aliphatic carbocycles. The highest BCUT2D eigenvalue weighted by Crippen LogP contribution is 2.24. The molecule has 0 bridgehead atoms. The maximum Gasteiger partial charge on any atom is 0.327 e. The van der Waals surface area contributed by atoms with Crippen LogP contribution in [0.4, 0.5) is 0 Å². The Balaban J connectivity index is 2.93. The van der Waals surface area contributed by atoms with E-state index in [1.54, 1.807) is 20.0 Å². The van der Waals surface area contributed by atoms with Crippen molar-refractivity contribution in [2.45, 2.75) is 26.7 Å². The zero-order valence-electron chi connectivity index (χ0n) is 10.1. The van der Waals surface area contributed by atoms with Gasteiger partial charge in [-0.3, -0.25) is 9.59 Å². The van der Waals surface area contributed by atoms with E-state index in [9.17, 15) is 9.59 Å². The van der Waals surface area contributed by atoms with Crippen molar-refractivity contribution in [2.75, 3.05) is 13.2 Å². The van der Waals surface area contributed by atoms with Crippen LogP contribution >= 0.6 is 11.3 Å². The van der Waals surface area contributed by atoms with Crippen molar-refractivity contribution in [3.8, 4) is 0 Å². The molecule has 0 saturated carbocycles. The molecule has 1 heterocycles. The topological polar surface area (TPSA) is 65.5 Å². The summed E-state index contributed by atoms with van der Waals surface area (Å²) in [6.07, 6.45) is 1.62. The van der Waals surface area contributed by atoms with Gasteiger partial charge >= 0.3 is 11.9 Å².